The molecule has 102 valence electrons. The van der Waals surface area contributed by atoms with Gasteiger partial charge in [0.15, 0.2) is 0 Å². The first kappa shape index (κ1) is 12.7. The molecule has 3 rings (SSSR count). The SMILES string of the molecule is O=C(O)C1(Cc2ccccc2)CC1Oc1ccccc1. The van der Waals surface area contributed by atoms with Crippen molar-refractivity contribution in [1.29, 1.82) is 0 Å². The average Bonchev–Trinajstić information content (AvgIpc) is 3.15. The largest absolute Gasteiger partial charge is 0.489 e. The van der Waals surface area contributed by atoms with E-state index in [1.54, 1.807) is 0 Å². The Hall–Kier alpha value is -2.29. The van der Waals surface area contributed by atoms with Crippen molar-refractivity contribution in [1.82, 2.24) is 0 Å². The number of benzene rings is 2. The van der Waals surface area contributed by atoms with Crippen molar-refractivity contribution in [3.05, 3.63) is 66.2 Å². The Labute approximate surface area is 117 Å². The van der Waals surface area contributed by atoms with Gasteiger partial charge in [0.2, 0.25) is 0 Å². The number of para-hydroxylation sites is 1. The fourth-order valence-electron chi connectivity index (χ4n) is 2.54. The van der Waals surface area contributed by atoms with Gasteiger partial charge in [-0.25, -0.2) is 0 Å². The summed E-state index contributed by atoms with van der Waals surface area (Å²) < 4.78 is 5.79. The van der Waals surface area contributed by atoms with Crippen LogP contribution < -0.4 is 4.74 Å². The number of rotatable bonds is 5. The van der Waals surface area contributed by atoms with E-state index in [1.807, 2.05) is 60.7 Å². The second-order valence-corrected chi connectivity index (χ2v) is 5.25. The van der Waals surface area contributed by atoms with E-state index in [2.05, 4.69) is 0 Å². The maximum Gasteiger partial charge on any atom is 0.313 e. The summed E-state index contributed by atoms with van der Waals surface area (Å²) in [4.78, 5) is 11.6. The van der Waals surface area contributed by atoms with E-state index in [9.17, 15) is 9.90 Å². The molecule has 2 aromatic rings. The molecule has 1 N–H and O–H groups in total. The lowest BCUT2D eigenvalue weighted by Gasteiger charge is -2.13. The fourth-order valence-corrected chi connectivity index (χ4v) is 2.54. The topological polar surface area (TPSA) is 46.5 Å². The van der Waals surface area contributed by atoms with Gasteiger partial charge in [-0.05, 0) is 24.1 Å². The minimum atomic E-state index is -0.781. The van der Waals surface area contributed by atoms with Gasteiger partial charge in [0.1, 0.15) is 17.3 Å². The van der Waals surface area contributed by atoms with Gasteiger partial charge in [-0.3, -0.25) is 4.79 Å². The molecular weight excluding hydrogens is 252 g/mol. The molecule has 0 saturated heterocycles. The predicted octanol–water partition coefficient (Wildman–Crippen LogP) is 3.15. The summed E-state index contributed by atoms with van der Waals surface area (Å²) in [6.07, 6.45) is 0.829. The molecule has 0 aromatic heterocycles. The van der Waals surface area contributed by atoms with Crippen LogP contribution in [0.3, 0.4) is 0 Å². The maximum atomic E-state index is 11.6. The Bertz CT molecular complexity index is 594. The number of carbonyl (C=O) groups is 1. The highest BCUT2D eigenvalue weighted by molar-refractivity contribution is 5.80. The van der Waals surface area contributed by atoms with Crippen molar-refractivity contribution in [2.24, 2.45) is 5.41 Å². The van der Waals surface area contributed by atoms with Crippen LogP contribution in [-0.4, -0.2) is 17.2 Å². The first-order valence-corrected chi connectivity index (χ1v) is 6.70. The lowest BCUT2D eigenvalue weighted by atomic mass is 9.96. The first-order chi connectivity index (χ1) is 9.71. The third kappa shape index (κ3) is 2.39. The number of hydrogen-bond donors (Lipinski definition) is 1. The van der Waals surface area contributed by atoms with Gasteiger partial charge >= 0.3 is 5.97 Å². The summed E-state index contributed by atoms with van der Waals surface area (Å²) in [5.74, 6) is -0.0454. The number of carboxylic acids is 1. The first-order valence-electron chi connectivity index (χ1n) is 6.70. The van der Waals surface area contributed by atoms with E-state index in [4.69, 9.17) is 4.74 Å². The number of ether oxygens (including phenoxy) is 1. The Morgan fingerprint density at radius 2 is 1.70 bits per heavy atom. The Morgan fingerprint density at radius 1 is 1.10 bits per heavy atom. The summed E-state index contributed by atoms with van der Waals surface area (Å²) in [5.41, 5.74) is 0.256. The molecule has 0 heterocycles. The summed E-state index contributed by atoms with van der Waals surface area (Å²) in [6, 6.07) is 19.1. The Kier molecular flexibility index (Phi) is 3.18. The van der Waals surface area contributed by atoms with Gasteiger partial charge in [-0.15, -0.1) is 0 Å². The van der Waals surface area contributed by atoms with Crippen molar-refractivity contribution in [3.8, 4) is 5.75 Å². The zero-order chi connectivity index (χ0) is 14.0. The van der Waals surface area contributed by atoms with Gasteiger partial charge in [0.05, 0.1) is 0 Å². The summed E-state index contributed by atoms with van der Waals surface area (Å²) in [6.45, 7) is 0. The quantitative estimate of drug-likeness (QED) is 0.906. The predicted molar refractivity (Wildman–Crippen MR) is 75.7 cm³/mol. The molecule has 0 radical (unpaired) electrons. The maximum absolute atomic E-state index is 11.6. The summed E-state index contributed by atoms with van der Waals surface area (Å²) in [7, 11) is 0. The fraction of sp³-hybridized carbons (Fsp3) is 0.235. The standard InChI is InChI=1S/C17H16O3/c18-16(19)17(11-13-7-3-1-4-8-13)12-15(17)20-14-9-5-2-6-10-14/h1-10,15H,11-12H2,(H,18,19). The van der Waals surface area contributed by atoms with Gasteiger partial charge in [0.25, 0.3) is 0 Å². The van der Waals surface area contributed by atoms with Crippen LogP contribution in [0.2, 0.25) is 0 Å². The molecule has 1 fully saturated rings. The van der Waals surface area contributed by atoms with Crippen molar-refractivity contribution < 1.29 is 14.6 Å². The molecule has 2 aromatic carbocycles. The molecule has 0 amide bonds. The van der Waals surface area contributed by atoms with Crippen molar-refractivity contribution in [2.45, 2.75) is 18.9 Å². The van der Waals surface area contributed by atoms with Crippen molar-refractivity contribution in [2.75, 3.05) is 0 Å². The third-order valence-electron chi connectivity index (χ3n) is 3.82. The highest BCUT2D eigenvalue weighted by atomic mass is 16.5. The number of carboxylic acid groups (broad SMARTS) is 1. The van der Waals surface area contributed by atoms with Crippen LogP contribution >= 0.6 is 0 Å². The lowest BCUT2D eigenvalue weighted by Crippen LogP contribution is -2.24. The monoisotopic (exact) mass is 268 g/mol. The summed E-state index contributed by atoms with van der Waals surface area (Å²) in [5, 5.41) is 9.53. The minimum absolute atomic E-state index is 0.248. The molecule has 1 saturated carbocycles. The molecular formula is C17H16O3. The van der Waals surface area contributed by atoms with E-state index in [1.165, 1.54) is 0 Å². The van der Waals surface area contributed by atoms with Crippen LogP contribution in [0.4, 0.5) is 0 Å². The molecule has 2 atom stereocenters. The van der Waals surface area contributed by atoms with E-state index in [0.29, 0.717) is 12.8 Å². The normalized spacial score (nSPS) is 24.1. The van der Waals surface area contributed by atoms with Crippen LogP contribution in [0.15, 0.2) is 60.7 Å². The van der Waals surface area contributed by atoms with Gasteiger partial charge in [-0.1, -0.05) is 48.5 Å². The van der Waals surface area contributed by atoms with E-state index < -0.39 is 11.4 Å². The molecule has 2 unspecified atom stereocenters. The Morgan fingerprint density at radius 3 is 2.30 bits per heavy atom. The Balaban J connectivity index is 1.74. The van der Waals surface area contributed by atoms with Crippen LogP contribution in [-0.2, 0) is 11.2 Å². The van der Waals surface area contributed by atoms with Crippen molar-refractivity contribution >= 4 is 5.97 Å². The van der Waals surface area contributed by atoms with Gasteiger partial charge < -0.3 is 9.84 Å². The second-order valence-electron chi connectivity index (χ2n) is 5.25. The number of aliphatic carboxylic acids is 1. The third-order valence-corrected chi connectivity index (χ3v) is 3.82. The number of hydrogen-bond acceptors (Lipinski definition) is 2. The zero-order valence-electron chi connectivity index (χ0n) is 11.0. The second kappa shape index (κ2) is 5.00. The van der Waals surface area contributed by atoms with Gasteiger partial charge in [-0.2, -0.15) is 0 Å². The molecule has 0 spiro atoms. The average molecular weight is 268 g/mol. The lowest BCUT2D eigenvalue weighted by molar-refractivity contribution is -0.144. The van der Waals surface area contributed by atoms with Crippen LogP contribution in [0, 0.1) is 5.41 Å². The molecule has 1 aliphatic rings. The van der Waals surface area contributed by atoms with Gasteiger partial charge in [0, 0.05) is 6.42 Å². The highest BCUT2D eigenvalue weighted by Crippen LogP contribution is 2.51. The molecule has 0 bridgehead atoms. The van der Waals surface area contributed by atoms with E-state index in [-0.39, 0.29) is 6.10 Å². The van der Waals surface area contributed by atoms with E-state index in [0.717, 1.165) is 11.3 Å². The molecule has 3 heteroatoms. The smallest absolute Gasteiger partial charge is 0.313 e. The molecule has 20 heavy (non-hydrogen) atoms. The molecule has 0 aliphatic heterocycles. The van der Waals surface area contributed by atoms with Crippen molar-refractivity contribution in [3.63, 3.8) is 0 Å². The zero-order valence-corrected chi connectivity index (χ0v) is 11.0. The minimum Gasteiger partial charge on any atom is -0.489 e. The van der Waals surface area contributed by atoms with Crippen LogP contribution in [0.25, 0.3) is 0 Å². The summed E-state index contributed by atoms with van der Waals surface area (Å²) >= 11 is 0. The molecule has 3 nitrogen and oxygen atoms in total. The highest BCUT2D eigenvalue weighted by Gasteiger charge is 2.62. The van der Waals surface area contributed by atoms with Crippen LogP contribution in [0.5, 0.6) is 5.75 Å². The van der Waals surface area contributed by atoms with E-state index >= 15 is 0 Å². The molecule has 1 aliphatic carbocycles. The van der Waals surface area contributed by atoms with Crippen LogP contribution in [0.1, 0.15) is 12.0 Å².